The van der Waals surface area contributed by atoms with E-state index in [-0.39, 0.29) is 12.5 Å². The van der Waals surface area contributed by atoms with E-state index >= 15 is 0 Å². The summed E-state index contributed by atoms with van der Waals surface area (Å²) >= 11 is 6.93. The summed E-state index contributed by atoms with van der Waals surface area (Å²) in [7, 11) is 0. The highest BCUT2D eigenvalue weighted by Crippen LogP contribution is 2.32. The van der Waals surface area contributed by atoms with Crippen molar-refractivity contribution in [2.75, 3.05) is 6.61 Å². The normalized spacial score (nSPS) is 10.9. The summed E-state index contributed by atoms with van der Waals surface area (Å²) in [6.07, 6.45) is 0.754. The second kappa shape index (κ2) is 8.40. The van der Waals surface area contributed by atoms with Gasteiger partial charge >= 0.3 is 0 Å². The van der Waals surface area contributed by atoms with Gasteiger partial charge in [0.1, 0.15) is 5.75 Å². The number of hydrogen-bond donors (Lipinski definition) is 0. The van der Waals surface area contributed by atoms with E-state index < -0.39 is 0 Å². The highest BCUT2D eigenvalue weighted by Gasteiger charge is 2.18. The molecule has 3 rings (SSSR count). The van der Waals surface area contributed by atoms with Gasteiger partial charge in [0, 0.05) is 22.2 Å². The van der Waals surface area contributed by atoms with Gasteiger partial charge in [0.15, 0.2) is 6.61 Å². The molecule has 27 heavy (non-hydrogen) atoms. The summed E-state index contributed by atoms with van der Waals surface area (Å²) in [4.78, 5) is 12.7. The maximum Gasteiger partial charge on any atom is 0.284 e. The molecule has 0 unspecified atom stereocenters. The molecule has 0 aliphatic heterocycles. The molecular weight excluding hydrogens is 472 g/mol. The summed E-state index contributed by atoms with van der Waals surface area (Å²) in [5, 5.41) is 4.45. The predicted molar refractivity (Wildman–Crippen MR) is 114 cm³/mol. The van der Waals surface area contributed by atoms with Crippen LogP contribution in [-0.2, 0) is 6.42 Å². The van der Waals surface area contributed by atoms with E-state index in [1.165, 1.54) is 10.2 Å². The first kappa shape index (κ1) is 19.8. The fraction of sp³-hybridized carbons (Fsp3) is 0.238. The van der Waals surface area contributed by atoms with Gasteiger partial charge in [0.2, 0.25) is 0 Å². The van der Waals surface area contributed by atoms with Gasteiger partial charge in [-0.3, -0.25) is 4.79 Å². The number of rotatable bonds is 5. The van der Waals surface area contributed by atoms with Crippen LogP contribution in [0.4, 0.5) is 0 Å². The molecular formula is C21H20Br2N2O2. The van der Waals surface area contributed by atoms with Crippen molar-refractivity contribution in [1.82, 2.24) is 9.78 Å². The number of ether oxygens (including phenoxy) is 1. The first-order valence-corrected chi connectivity index (χ1v) is 10.2. The molecule has 0 spiro atoms. The summed E-state index contributed by atoms with van der Waals surface area (Å²) < 4.78 is 9.00. The fourth-order valence-corrected chi connectivity index (χ4v) is 4.59. The van der Waals surface area contributed by atoms with Crippen molar-refractivity contribution >= 4 is 37.8 Å². The highest BCUT2D eigenvalue weighted by molar-refractivity contribution is 9.11. The summed E-state index contributed by atoms with van der Waals surface area (Å²) in [6.45, 7) is 5.73. The Morgan fingerprint density at radius 2 is 1.81 bits per heavy atom. The first-order valence-electron chi connectivity index (χ1n) is 8.57. The molecule has 6 heteroatoms. The molecule has 1 aromatic heterocycles. The third-order valence-corrected chi connectivity index (χ3v) is 5.48. The van der Waals surface area contributed by atoms with Gasteiger partial charge < -0.3 is 4.74 Å². The molecule has 0 bridgehead atoms. The lowest BCUT2D eigenvalue weighted by Gasteiger charge is -2.12. The third kappa shape index (κ3) is 4.50. The SMILES string of the molecule is Cc1cc(Br)cc(Br)c1OCC(=O)n1nc(C)c(Cc2ccccc2)c1C. The van der Waals surface area contributed by atoms with Crippen LogP contribution in [0.1, 0.15) is 32.9 Å². The van der Waals surface area contributed by atoms with Gasteiger partial charge in [-0.2, -0.15) is 5.10 Å². The first-order chi connectivity index (χ1) is 12.9. The zero-order valence-corrected chi connectivity index (χ0v) is 18.6. The third-order valence-electron chi connectivity index (χ3n) is 4.44. The molecule has 0 N–H and O–H groups in total. The van der Waals surface area contributed by atoms with Crippen LogP contribution in [0.5, 0.6) is 5.75 Å². The van der Waals surface area contributed by atoms with Crippen molar-refractivity contribution in [2.45, 2.75) is 27.2 Å². The van der Waals surface area contributed by atoms with Crippen molar-refractivity contribution in [3.8, 4) is 5.75 Å². The quantitative estimate of drug-likeness (QED) is 0.463. The summed E-state index contributed by atoms with van der Waals surface area (Å²) in [5.41, 5.74) is 4.95. The van der Waals surface area contributed by atoms with Crippen molar-refractivity contribution in [3.63, 3.8) is 0 Å². The van der Waals surface area contributed by atoms with Gasteiger partial charge in [-0.1, -0.05) is 46.3 Å². The number of nitrogens with zero attached hydrogens (tertiary/aromatic N) is 2. The lowest BCUT2D eigenvalue weighted by Crippen LogP contribution is -2.22. The average molecular weight is 492 g/mol. The Bertz CT molecular complexity index is 958. The molecule has 3 aromatic rings. The van der Waals surface area contributed by atoms with E-state index in [4.69, 9.17) is 4.74 Å². The number of aromatic nitrogens is 2. The predicted octanol–water partition coefficient (Wildman–Crippen LogP) is 5.64. The average Bonchev–Trinajstić information content (AvgIpc) is 2.90. The molecule has 0 aliphatic carbocycles. The summed E-state index contributed by atoms with van der Waals surface area (Å²) in [6, 6.07) is 14.0. The molecule has 0 saturated heterocycles. The molecule has 1 heterocycles. The van der Waals surface area contributed by atoms with Gasteiger partial charge in [0.05, 0.1) is 10.2 Å². The number of halogens is 2. The minimum Gasteiger partial charge on any atom is -0.482 e. The molecule has 2 aromatic carbocycles. The number of carbonyl (C=O) groups excluding carboxylic acids is 1. The lowest BCUT2D eigenvalue weighted by molar-refractivity contribution is 0.0817. The second-order valence-corrected chi connectivity index (χ2v) is 8.21. The Kier molecular flexibility index (Phi) is 6.17. The van der Waals surface area contributed by atoms with Gasteiger partial charge in [-0.05, 0) is 60.0 Å². The van der Waals surface area contributed by atoms with E-state index in [1.54, 1.807) is 0 Å². The molecule has 0 saturated carbocycles. The Labute approximate surface area is 175 Å². The van der Waals surface area contributed by atoms with E-state index in [2.05, 4.69) is 49.1 Å². The van der Waals surface area contributed by atoms with Crippen molar-refractivity contribution in [1.29, 1.82) is 0 Å². The van der Waals surface area contributed by atoms with Crippen LogP contribution in [0.15, 0.2) is 51.4 Å². The molecule has 0 fully saturated rings. The summed E-state index contributed by atoms with van der Waals surface area (Å²) in [5.74, 6) is 0.474. The van der Waals surface area contributed by atoms with Gasteiger partial charge in [-0.25, -0.2) is 4.68 Å². The van der Waals surface area contributed by atoms with Crippen LogP contribution in [0, 0.1) is 20.8 Å². The molecule has 140 valence electrons. The fourth-order valence-electron chi connectivity index (χ4n) is 3.04. The van der Waals surface area contributed by atoms with E-state index in [0.29, 0.717) is 5.75 Å². The maximum absolute atomic E-state index is 12.7. The molecule has 0 amide bonds. The van der Waals surface area contributed by atoms with E-state index in [0.717, 1.165) is 37.9 Å². The number of aryl methyl sites for hydroxylation is 2. The minimum absolute atomic E-state index is 0.0756. The monoisotopic (exact) mass is 490 g/mol. The maximum atomic E-state index is 12.7. The lowest BCUT2D eigenvalue weighted by atomic mass is 10.0. The van der Waals surface area contributed by atoms with Crippen LogP contribution in [-0.4, -0.2) is 22.3 Å². The molecule has 4 nitrogen and oxygen atoms in total. The Balaban J connectivity index is 1.77. The number of benzene rings is 2. The van der Waals surface area contributed by atoms with Crippen LogP contribution < -0.4 is 4.74 Å². The van der Waals surface area contributed by atoms with Crippen LogP contribution in [0.25, 0.3) is 0 Å². The zero-order valence-electron chi connectivity index (χ0n) is 15.4. The van der Waals surface area contributed by atoms with Crippen molar-refractivity contribution in [2.24, 2.45) is 0 Å². The second-order valence-electron chi connectivity index (χ2n) is 6.44. The van der Waals surface area contributed by atoms with Crippen LogP contribution >= 0.6 is 31.9 Å². The largest absolute Gasteiger partial charge is 0.482 e. The Morgan fingerprint density at radius 3 is 2.48 bits per heavy atom. The van der Waals surface area contributed by atoms with E-state index in [9.17, 15) is 4.79 Å². The Morgan fingerprint density at radius 1 is 1.11 bits per heavy atom. The smallest absolute Gasteiger partial charge is 0.284 e. The van der Waals surface area contributed by atoms with Gasteiger partial charge in [0.25, 0.3) is 5.91 Å². The van der Waals surface area contributed by atoms with Crippen LogP contribution in [0.2, 0.25) is 0 Å². The van der Waals surface area contributed by atoms with Gasteiger partial charge in [-0.15, -0.1) is 0 Å². The molecule has 0 atom stereocenters. The number of carbonyl (C=O) groups is 1. The molecule has 0 radical (unpaired) electrons. The van der Waals surface area contributed by atoms with Crippen molar-refractivity contribution < 1.29 is 9.53 Å². The standard InChI is InChI=1S/C21H20Br2N2O2/c1-13-9-17(22)11-19(23)21(13)27-12-20(26)25-15(3)18(14(2)24-25)10-16-7-5-4-6-8-16/h4-9,11H,10,12H2,1-3H3. The Hall–Kier alpha value is -1.92. The highest BCUT2D eigenvalue weighted by atomic mass is 79.9. The van der Waals surface area contributed by atoms with Crippen LogP contribution in [0.3, 0.4) is 0 Å². The molecule has 0 aliphatic rings. The minimum atomic E-state index is -0.191. The number of hydrogen-bond acceptors (Lipinski definition) is 3. The topological polar surface area (TPSA) is 44.1 Å². The van der Waals surface area contributed by atoms with E-state index in [1.807, 2.05) is 51.1 Å². The van der Waals surface area contributed by atoms with Crippen molar-refractivity contribution in [3.05, 3.63) is 79.5 Å². The zero-order chi connectivity index (χ0) is 19.6.